The Balaban J connectivity index is 1.64. The number of hydrogen-bond acceptors (Lipinski definition) is 5. The Morgan fingerprint density at radius 1 is 1.31 bits per heavy atom. The lowest BCUT2D eigenvalue weighted by atomic mass is 9.85. The first-order valence-corrected chi connectivity index (χ1v) is 8.62. The molecule has 142 valence electrons. The Bertz CT molecular complexity index is 643. The van der Waals surface area contributed by atoms with Crippen LogP contribution in [-0.4, -0.2) is 58.6 Å². The van der Waals surface area contributed by atoms with Crippen LogP contribution >= 0.6 is 0 Å². The molecule has 0 saturated heterocycles. The lowest BCUT2D eigenvalue weighted by Crippen LogP contribution is -2.56. The SMILES string of the molecule is CCN(CC(=O)O)C1CC(NC(=O)NCCc2ccc([N+](=O)[O-])cc2)C1. The molecule has 1 saturated carbocycles. The summed E-state index contributed by atoms with van der Waals surface area (Å²) in [6.07, 6.45) is 2.08. The zero-order valence-corrected chi connectivity index (χ0v) is 14.7. The molecule has 1 aliphatic carbocycles. The first-order valence-electron chi connectivity index (χ1n) is 8.62. The largest absolute Gasteiger partial charge is 0.480 e. The van der Waals surface area contributed by atoms with Gasteiger partial charge in [0.05, 0.1) is 11.5 Å². The average Bonchev–Trinajstić information content (AvgIpc) is 2.56. The number of non-ortho nitro benzene ring substituents is 1. The van der Waals surface area contributed by atoms with Crippen LogP contribution in [0.5, 0.6) is 0 Å². The van der Waals surface area contributed by atoms with Crippen molar-refractivity contribution in [2.45, 2.75) is 38.3 Å². The van der Waals surface area contributed by atoms with Gasteiger partial charge in [0.1, 0.15) is 0 Å². The third-order valence-corrected chi connectivity index (χ3v) is 4.56. The van der Waals surface area contributed by atoms with E-state index >= 15 is 0 Å². The second-order valence-electron chi connectivity index (χ2n) is 6.35. The zero-order valence-electron chi connectivity index (χ0n) is 14.7. The molecule has 0 heterocycles. The number of likely N-dealkylation sites (N-methyl/N-ethyl adjacent to an activating group) is 1. The number of benzene rings is 1. The number of aliphatic carboxylic acids is 1. The lowest BCUT2D eigenvalue weighted by molar-refractivity contribution is -0.384. The molecule has 0 spiro atoms. The number of urea groups is 1. The average molecular weight is 364 g/mol. The monoisotopic (exact) mass is 364 g/mol. The molecule has 1 aliphatic rings. The number of nitrogens with one attached hydrogen (secondary N) is 2. The number of carboxylic acids is 1. The molecular formula is C17H24N4O5. The van der Waals surface area contributed by atoms with Gasteiger partial charge in [-0.2, -0.15) is 0 Å². The maximum absolute atomic E-state index is 11.9. The van der Waals surface area contributed by atoms with Crippen LogP contribution in [0.1, 0.15) is 25.3 Å². The van der Waals surface area contributed by atoms with Crippen molar-refractivity contribution in [3.63, 3.8) is 0 Å². The number of hydrogen-bond donors (Lipinski definition) is 3. The van der Waals surface area contributed by atoms with Crippen LogP contribution in [-0.2, 0) is 11.2 Å². The summed E-state index contributed by atoms with van der Waals surface area (Å²) in [6.45, 7) is 3.05. The molecule has 0 aliphatic heterocycles. The van der Waals surface area contributed by atoms with Crippen molar-refractivity contribution >= 4 is 17.7 Å². The molecule has 0 bridgehead atoms. The minimum atomic E-state index is -0.841. The van der Waals surface area contributed by atoms with Crippen LogP contribution in [0.25, 0.3) is 0 Å². The summed E-state index contributed by atoms with van der Waals surface area (Å²) in [5.41, 5.74) is 0.954. The highest BCUT2D eigenvalue weighted by molar-refractivity contribution is 5.74. The van der Waals surface area contributed by atoms with Gasteiger partial charge in [0.25, 0.3) is 5.69 Å². The molecule has 0 radical (unpaired) electrons. The van der Waals surface area contributed by atoms with E-state index in [9.17, 15) is 19.7 Å². The number of nitro benzene ring substituents is 1. The Morgan fingerprint density at radius 2 is 1.96 bits per heavy atom. The van der Waals surface area contributed by atoms with Crippen molar-refractivity contribution in [2.75, 3.05) is 19.6 Å². The van der Waals surface area contributed by atoms with Crippen molar-refractivity contribution in [3.05, 3.63) is 39.9 Å². The summed E-state index contributed by atoms with van der Waals surface area (Å²) in [5.74, 6) is -0.841. The Kier molecular flexibility index (Phi) is 6.90. The van der Waals surface area contributed by atoms with Crippen molar-refractivity contribution < 1.29 is 19.6 Å². The highest BCUT2D eigenvalue weighted by Gasteiger charge is 2.34. The molecule has 2 rings (SSSR count). The maximum atomic E-state index is 11.9. The van der Waals surface area contributed by atoms with Gasteiger partial charge in [-0.3, -0.25) is 19.8 Å². The molecule has 3 N–H and O–H groups in total. The minimum absolute atomic E-state index is 0.0231. The molecule has 26 heavy (non-hydrogen) atoms. The number of carboxylic acid groups (broad SMARTS) is 1. The smallest absolute Gasteiger partial charge is 0.317 e. The number of carbonyl (C=O) groups is 2. The molecule has 1 aromatic rings. The molecule has 1 fully saturated rings. The third-order valence-electron chi connectivity index (χ3n) is 4.56. The number of rotatable bonds is 9. The topological polar surface area (TPSA) is 125 Å². The second kappa shape index (κ2) is 9.14. The molecule has 2 amide bonds. The van der Waals surface area contributed by atoms with Crippen molar-refractivity contribution in [2.24, 2.45) is 0 Å². The van der Waals surface area contributed by atoms with Gasteiger partial charge in [0.15, 0.2) is 0 Å². The molecule has 0 unspecified atom stereocenters. The molecule has 9 heteroatoms. The van der Waals surface area contributed by atoms with E-state index in [-0.39, 0.29) is 30.3 Å². The fourth-order valence-corrected chi connectivity index (χ4v) is 3.02. The van der Waals surface area contributed by atoms with Crippen molar-refractivity contribution in [1.29, 1.82) is 0 Å². The highest BCUT2D eigenvalue weighted by Crippen LogP contribution is 2.25. The summed E-state index contributed by atoms with van der Waals surface area (Å²) in [7, 11) is 0. The first kappa shape index (κ1) is 19.6. The van der Waals surface area contributed by atoms with Gasteiger partial charge in [-0.15, -0.1) is 0 Å². The summed E-state index contributed by atoms with van der Waals surface area (Å²) >= 11 is 0. The molecular weight excluding hydrogens is 340 g/mol. The predicted octanol–water partition coefficient (Wildman–Crippen LogP) is 1.37. The van der Waals surface area contributed by atoms with E-state index in [1.807, 2.05) is 11.8 Å². The fourth-order valence-electron chi connectivity index (χ4n) is 3.02. The lowest BCUT2D eigenvalue weighted by Gasteiger charge is -2.42. The number of nitrogens with zero attached hydrogens (tertiary/aromatic N) is 2. The van der Waals surface area contributed by atoms with Crippen LogP contribution in [0.3, 0.4) is 0 Å². The van der Waals surface area contributed by atoms with Gasteiger partial charge >= 0.3 is 12.0 Å². The van der Waals surface area contributed by atoms with Crippen molar-refractivity contribution in [3.8, 4) is 0 Å². The van der Waals surface area contributed by atoms with Gasteiger partial charge in [0.2, 0.25) is 0 Å². The highest BCUT2D eigenvalue weighted by atomic mass is 16.6. The Labute approximate surface area is 151 Å². The van der Waals surface area contributed by atoms with E-state index in [1.165, 1.54) is 12.1 Å². The Hall–Kier alpha value is -2.68. The van der Waals surface area contributed by atoms with Gasteiger partial charge in [0, 0.05) is 30.8 Å². The van der Waals surface area contributed by atoms with Crippen LogP contribution in [0, 0.1) is 10.1 Å². The van der Waals surface area contributed by atoms with E-state index in [0.717, 1.165) is 18.4 Å². The van der Waals surface area contributed by atoms with Crippen LogP contribution in [0.15, 0.2) is 24.3 Å². The molecule has 1 aromatic carbocycles. The summed E-state index contributed by atoms with van der Waals surface area (Å²) in [4.78, 5) is 34.7. The van der Waals surface area contributed by atoms with E-state index in [4.69, 9.17) is 5.11 Å². The van der Waals surface area contributed by atoms with E-state index < -0.39 is 10.9 Å². The molecule has 0 atom stereocenters. The quantitative estimate of drug-likeness (QED) is 0.449. The normalized spacial score (nSPS) is 18.8. The van der Waals surface area contributed by atoms with Gasteiger partial charge in [-0.25, -0.2) is 4.79 Å². The standard InChI is InChI=1S/C17H24N4O5/c1-2-20(11-16(22)23)15-9-13(10-15)19-17(24)18-8-7-12-3-5-14(6-4-12)21(25)26/h3-6,13,15H,2,7-11H2,1H3,(H,22,23)(H2,18,19,24). The van der Waals surface area contributed by atoms with E-state index in [1.54, 1.807) is 12.1 Å². The third kappa shape index (κ3) is 5.69. The molecule has 9 nitrogen and oxygen atoms in total. The van der Waals surface area contributed by atoms with Crippen molar-refractivity contribution in [1.82, 2.24) is 15.5 Å². The minimum Gasteiger partial charge on any atom is -0.480 e. The van der Waals surface area contributed by atoms with Gasteiger partial charge < -0.3 is 15.7 Å². The number of carbonyl (C=O) groups excluding carboxylic acids is 1. The van der Waals surface area contributed by atoms with E-state index in [0.29, 0.717) is 19.5 Å². The maximum Gasteiger partial charge on any atom is 0.317 e. The van der Waals surface area contributed by atoms with Gasteiger partial charge in [-0.1, -0.05) is 19.1 Å². The van der Waals surface area contributed by atoms with Crippen LogP contribution in [0.4, 0.5) is 10.5 Å². The zero-order chi connectivity index (χ0) is 19.1. The summed E-state index contributed by atoms with van der Waals surface area (Å²) < 4.78 is 0. The number of amides is 2. The summed E-state index contributed by atoms with van der Waals surface area (Å²) in [6, 6.07) is 6.24. The van der Waals surface area contributed by atoms with E-state index in [2.05, 4.69) is 10.6 Å². The fraction of sp³-hybridized carbons (Fsp3) is 0.529. The van der Waals surface area contributed by atoms with Crippen LogP contribution in [0.2, 0.25) is 0 Å². The van der Waals surface area contributed by atoms with Crippen LogP contribution < -0.4 is 10.6 Å². The first-order chi connectivity index (χ1) is 12.4. The second-order valence-corrected chi connectivity index (χ2v) is 6.35. The number of nitro groups is 1. The predicted molar refractivity (Wildman–Crippen MR) is 95.0 cm³/mol. The van der Waals surface area contributed by atoms with Gasteiger partial charge in [-0.05, 0) is 31.4 Å². The Morgan fingerprint density at radius 3 is 2.50 bits per heavy atom. The molecule has 0 aromatic heterocycles. The summed E-state index contributed by atoms with van der Waals surface area (Å²) in [5, 5.41) is 25.1.